The molecule has 7 heteroatoms. The van der Waals surface area contributed by atoms with Crippen LogP contribution in [0.25, 0.3) is 0 Å². The molecule has 0 spiro atoms. The third-order valence-corrected chi connectivity index (χ3v) is 4.70. The van der Waals surface area contributed by atoms with Crippen molar-refractivity contribution >= 4 is 29.3 Å². The molecule has 0 bridgehead atoms. The van der Waals surface area contributed by atoms with Gasteiger partial charge in [-0.1, -0.05) is 13.8 Å². The van der Waals surface area contributed by atoms with Gasteiger partial charge in [-0.05, 0) is 18.6 Å². The summed E-state index contributed by atoms with van der Waals surface area (Å²) < 4.78 is 26.5. The maximum absolute atomic E-state index is 13.6. The molecule has 1 aromatic rings. The summed E-state index contributed by atoms with van der Waals surface area (Å²) in [6.07, 6.45) is 0.695. The number of anilines is 1. The van der Waals surface area contributed by atoms with E-state index in [9.17, 15) is 18.4 Å². The molecule has 2 amide bonds. The molecule has 0 unspecified atom stereocenters. The fourth-order valence-electron chi connectivity index (χ4n) is 2.14. The maximum Gasteiger partial charge on any atom is 0.248 e. The summed E-state index contributed by atoms with van der Waals surface area (Å²) in [5.74, 6) is -1.31. The zero-order valence-electron chi connectivity index (χ0n) is 12.4. The van der Waals surface area contributed by atoms with Crippen LogP contribution in [0.3, 0.4) is 0 Å². The van der Waals surface area contributed by atoms with Crippen LogP contribution in [0.1, 0.15) is 20.3 Å². The first-order chi connectivity index (χ1) is 10.4. The number of halogens is 2. The number of thioether (sulfide) groups is 1. The zero-order chi connectivity index (χ0) is 16.3. The van der Waals surface area contributed by atoms with Gasteiger partial charge in [0.25, 0.3) is 0 Å². The average Bonchev–Trinajstić information content (AvgIpc) is 2.98. The minimum atomic E-state index is -0.834. The molecule has 1 fully saturated rings. The van der Waals surface area contributed by atoms with E-state index in [1.165, 1.54) is 22.7 Å². The topological polar surface area (TPSA) is 49.4 Å². The minimum absolute atomic E-state index is 0.0766. The van der Waals surface area contributed by atoms with Gasteiger partial charge in [-0.25, -0.2) is 8.78 Å². The van der Waals surface area contributed by atoms with Crippen molar-refractivity contribution in [1.29, 1.82) is 0 Å². The molecule has 0 aliphatic carbocycles. The van der Waals surface area contributed by atoms with E-state index >= 15 is 0 Å². The highest BCUT2D eigenvalue weighted by molar-refractivity contribution is 7.99. The Morgan fingerprint density at radius 2 is 2.18 bits per heavy atom. The van der Waals surface area contributed by atoms with Gasteiger partial charge in [0.15, 0.2) is 0 Å². The highest BCUT2D eigenvalue weighted by Crippen LogP contribution is 2.25. The molecule has 1 aliphatic heterocycles. The molecule has 22 heavy (non-hydrogen) atoms. The predicted molar refractivity (Wildman–Crippen MR) is 82.4 cm³/mol. The van der Waals surface area contributed by atoms with Gasteiger partial charge in [0.2, 0.25) is 11.8 Å². The highest BCUT2D eigenvalue weighted by Gasteiger charge is 2.36. The van der Waals surface area contributed by atoms with Gasteiger partial charge in [0.1, 0.15) is 17.7 Å². The van der Waals surface area contributed by atoms with Gasteiger partial charge in [-0.15, -0.1) is 11.8 Å². The predicted octanol–water partition coefficient (Wildman–Crippen LogP) is 2.85. The second-order valence-corrected chi connectivity index (χ2v) is 6.25. The molecule has 1 saturated heterocycles. The minimum Gasteiger partial charge on any atom is -0.322 e. The van der Waals surface area contributed by atoms with E-state index in [-0.39, 0.29) is 17.5 Å². The normalized spacial score (nSPS) is 19.1. The van der Waals surface area contributed by atoms with Crippen molar-refractivity contribution in [3.8, 4) is 0 Å². The smallest absolute Gasteiger partial charge is 0.248 e. The molecule has 1 aliphatic rings. The molecule has 0 aromatic heterocycles. The summed E-state index contributed by atoms with van der Waals surface area (Å²) in [6, 6.07) is 2.33. The number of nitrogens with one attached hydrogen (secondary N) is 1. The Morgan fingerprint density at radius 1 is 1.45 bits per heavy atom. The van der Waals surface area contributed by atoms with Crippen molar-refractivity contribution in [3.05, 3.63) is 29.8 Å². The van der Waals surface area contributed by atoms with Crippen LogP contribution in [0.5, 0.6) is 0 Å². The first kappa shape index (κ1) is 16.7. The Hall–Kier alpha value is -1.63. The Bertz CT molecular complexity index is 583. The van der Waals surface area contributed by atoms with Gasteiger partial charge >= 0.3 is 0 Å². The summed E-state index contributed by atoms with van der Waals surface area (Å²) in [5.41, 5.74) is -0.0840. The van der Waals surface area contributed by atoms with Crippen LogP contribution < -0.4 is 5.32 Å². The molecule has 1 heterocycles. The molecule has 1 N–H and O–H groups in total. The number of carbonyl (C=O) groups excluding carboxylic acids is 2. The van der Waals surface area contributed by atoms with Crippen LogP contribution in [0.4, 0.5) is 14.5 Å². The molecule has 2 atom stereocenters. The van der Waals surface area contributed by atoms with Crippen LogP contribution in [-0.4, -0.2) is 34.4 Å². The number of nitrogens with zero attached hydrogens (tertiary/aromatic N) is 1. The van der Waals surface area contributed by atoms with Crippen molar-refractivity contribution in [2.45, 2.75) is 26.3 Å². The first-order valence-electron chi connectivity index (χ1n) is 7.08. The lowest BCUT2D eigenvalue weighted by atomic mass is 10.1. The fraction of sp³-hybridized carbons (Fsp3) is 0.467. The third kappa shape index (κ3) is 3.58. The number of amides is 2. The quantitative estimate of drug-likeness (QED) is 0.925. The number of rotatable bonds is 4. The highest BCUT2D eigenvalue weighted by atomic mass is 32.2. The SMILES string of the molecule is CC[C@H](C)C(=O)N1CSC[C@H]1C(=O)Nc1ccc(F)cc1F. The summed E-state index contributed by atoms with van der Waals surface area (Å²) in [7, 11) is 0. The Balaban J connectivity index is 2.09. The first-order valence-corrected chi connectivity index (χ1v) is 8.23. The van der Waals surface area contributed by atoms with Crippen LogP contribution in [-0.2, 0) is 9.59 Å². The largest absolute Gasteiger partial charge is 0.322 e. The zero-order valence-corrected chi connectivity index (χ0v) is 13.3. The molecule has 0 radical (unpaired) electrons. The monoisotopic (exact) mass is 328 g/mol. The molecule has 4 nitrogen and oxygen atoms in total. The average molecular weight is 328 g/mol. The maximum atomic E-state index is 13.6. The van der Waals surface area contributed by atoms with E-state index in [0.717, 1.165) is 6.07 Å². The summed E-state index contributed by atoms with van der Waals surface area (Å²) in [6.45, 7) is 3.73. The lowest BCUT2D eigenvalue weighted by Gasteiger charge is -2.25. The van der Waals surface area contributed by atoms with E-state index in [0.29, 0.717) is 24.1 Å². The molecular weight excluding hydrogens is 310 g/mol. The van der Waals surface area contributed by atoms with Gasteiger partial charge < -0.3 is 10.2 Å². The van der Waals surface area contributed by atoms with E-state index in [1.807, 2.05) is 13.8 Å². The van der Waals surface area contributed by atoms with Gasteiger partial charge in [0, 0.05) is 17.7 Å². The van der Waals surface area contributed by atoms with Crippen LogP contribution in [0.15, 0.2) is 18.2 Å². The number of hydrogen-bond donors (Lipinski definition) is 1. The number of carbonyl (C=O) groups is 2. The molecule has 1 aromatic carbocycles. The van der Waals surface area contributed by atoms with E-state index in [4.69, 9.17) is 0 Å². The van der Waals surface area contributed by atoms with E-state index < -0.39 is 23.6 Å². The van der Waals surface area contributed by atoms with Gasteiger partial charge in [0.05, 0.1) is 11.6 Å². The van der Waals surface area contributed by atoms with E-state index in [1.54, 1.807) is 0 Å². The Kier molecular flexibility index (Phi) is 5.39. The van der Waals surface area contributed by atoms with Crippen molar-refractivity contribution in [2.75, 3.05) is 16.9 Å². The molecular formula is C15H18F2N2O2S. The summed E-state index contributed by atoms with van der Waals surface area (Å²) in [4.78, 5) is 26.1. The van der Waals surface area contributed by atoms with Crippen molar-refractivity contribution in [3.63, 3.8) is 0 Å². The Labute approximate surface area is 132 Å². The van der Waals surface area contributed by atoms with Crippen molar-refractivity contribution < 1.29 is 18.4 Å². The van der Waals surface area contributed by atoms with Gasteiger partial charge in [-0.2, -0.15) is 0 Å². The fourth-order valence-corrected chi connectivity index (χ4v) is 3.31. The van der Waals surface area contributed by atoms with Crippen molar-refractivity contribution in [1.82, 2.24) is 4.90 Å². The number of hydrogen-bond acceptors (Lipinski definition) is 3. The van der Waals surface area contributed by atoms with Crippen LogP contribution in [0.2, 0.25) is 0 Å². The standard InChI is InChI=1S/C15H18F2N2O2S/c1-3-9(2)15(21)19-8-22-7-13(19)14(20)18-12-5-4-10(16)6-11(12)17/h4-6,9,13H,3,7-8H2,1-2H3,(H,18,20)/t9-,13-/m0/s1. The van der Waals surface area contributed by atoms with Crippen LogP contribution >= 0.6 is 11.8 Å². The molecule has 120 valence electrons. The van der Waals surface area contributed by atoms with Crippen molar-refractivity contribution in [2.24, 2.45) is 5.92 Å². The lowest BCUT2D eigenvalue weighted by molar-refractivity contribution is -0.139. The Morgan fingerprint density at radius 3 is 2.82 bits per heavy atom. The summed E-state index contributed by atoms with van der Waals surface area (Å²) in [5, 5.41) is 2.43. The number of benzene rings is 1. The van der Waals surface area contributed by atoms with Gasteiger partial charge in [-0.3, -0.25) is 9.59 Å². The van der Waals surface area contributed by atoms with Crippen LogP contribution in [0, 0.1) is 17.6 Å². The molecule has 0 saturated carbocycles. The van der Waals surface area contributed by atoms with E-state index in [2.05, 4.69) is 5.32 Å². The second-order valence-electron chi connectivity index (χ2n) is 5.25. The second kappa shape index (κ2) is 7.09. The third-order valence-electron chi connectivity index (χ3n) is 3.69. The summed E-state index contributed by atoms with van der Waals surface area (Å²) >= 11 is 1.48. The molecule has 2 rings (SSSR count). The lowest BCUT2D eigenvalue weighted by Crippen LogP contribution is -2.46.